The second-order valence-corrected chi connectivity index (χ2v) is 6.75. The molecule has 5 N–H and O–H groups in total. The third-order valence-electron chi connectivity index (χ3n) is 4.03. The lowest BCUT2D eigenvalue weighted by Gasteiger charge is -2.09. The zero-order chi connectivity index (χ0) is 18.8. The van der Waals surface area contributed by atoms with Crippen molar-refractivity contribution in [1.82, 2.24) is 20.2 Å². The third-order valence-corrected chi connectivity index (χ3v) is 4.86. The third kappa shape index (κ3) is 3.50. The minimum Gasteiger partial charge on any atom is -0.481 e. The number of nitrogens with zero attached hydrogens (tertiary/aromatic N) is 2. The lowest BCUT2D eigenvalue weighted by atomic mass is 9.99. The quantitative estimate of drug-likeness (QED) is 0.255. The van der Waals surface area contributed by atoms with Crippen LogP contribution in [0.3, 0.4) is 0 Å². The van der Waals surface area contributed by atoms with Crippen molar-refractivity contribution in [2.24, 2.45) is 0 Å². The van der Waals surface area contributed by atoms with Crippen LogP contribution < -0.4 is 5.48 Å². The number of anilines is 1. The molecule has 0 aliphatic rings. The number of rotatable bonds is 6. The molecule has 8 nitrogen and oxygen atoms in total. The Hall–Kier alpha value is -3.30. The van der Waals surface area contributed by atoms with Crippen LogP contribution in [0.5, 0.6) is 0 Å². The molecule has 0 aliphatic heterocycles. The molecular formula is C18H15N5O3S. The van der Waals surface area contributed by atoms with Crippen molar-refractivity contribution in [2.75, 3.05) is 11.2 Å². The van der Waals surface area contributed by atoms with E-state index < -0.39 is 5.97 Å². The lowest BCUT2D eigenvalue weighted by molar-refractivity contribution is -0.133. The van der Waals surface area contributed by atoms with Crippen molar-refractivity contribution >= 4 is 34.3 Å². The molecule has 4 aromatic rings. The first-order valence-electron chi connectivity index (χ1n) is 8.03. The standard InChI is InChI=1S/C18H15N5O3S/c24-16(25)9-27-18-20-17(21-22-18)11-6-10(7-12(8-11)23-26)13-2-1-3-15-14(13)4-5-19-15/h1-8,19,23,26H,9H2,(H,24,25)(H,20,21,22). The average molecular weight is 381 g/mol. The van der Waals surface area contributed by atoms with Crippen molar-refractivity contribution < 1.29 is 15.1 Å². The summed E-state index contributed by atoms with van der Waals surface area (Å²) in [5.41, 5.74) is 6.32. The number of carboxylic acids is 1. The van der Waals surface area contributed by atoms with E-state index in [9.17, 15) is 10.0 Å². The number of fused-ring (bicyclic) bond motifs is 1. The molecule has 0 aliphatic carbocycles. The molecule has 2 heterocycles. The van der Waals surface area contributed by atoms with Crippen LogP contribution in [0.15, 0.2) is 53.8 Å². The van der Waals surface area contributed by atoms with Crippen LogP contribution in [0, 0.1) is 0 Å². The number of benzene rings is 2. The molecule has 0 saturated carbocycles. The Kier molecular flexibility index (Phi) is 4.53. The van der Waals surface area contributed by atoms with E-state index in [4.69, 9.17) is 5.11 Å². The van der Waals surface area contributed by atoms with E-state index >= 15 is 0 Å². The van der Waals surface area contributed by atoms with Gasteiger partial charge in [-0.05, 0) is 41.5 Å². The van der Waals surface area contributed by atoms with Crippen LogP contribution in [0.25, 0.3) is 33.4 Å². The number of thioether (sulfide) groups is 1. The number of carboxylic acid groups (broad SMARTS) is 1. The molecule has 27 heavy (non-hydrogen) atoms. The Bertz CT molecular complexity index is 1120. The smallest absolute Gasteiger partial charge is 0.313 e. The summed E-state index contributed by atoms with van der Waals surface area (Å²) in [6, 6.07) is 13.5. The van der Waals surface area contributed by atoms with E-state index in [1.165, 1.54) is 0 Å². The summed E-state index contributed by atoms with van der Waals surface area (Å²) >= 11 is 1.04. The number of hydrogen-bond donors (Lipinski definition) is 5. The summed E-state index contributed by atoms with van der Waals surface area (Å²) in [5, 5.41) is 26.5. The molecule has 9 heteroatoms. The van der Waals surface area contributed by atoms with Gasteiger partial charge in [-0.25, -0.2) is 4.98 Å². The van der Waals surface area contributed by atoms with Gasteiger partial charge in [-0.3, -0.25) is 20.6 Å². The maximum atomic E-state index is 10.7. The van der Waals surface area contributed by atoms with E-state index in [1.54, 1.807) is 6.07 Å². The number of H-pyrrole nitrogens is 2. The number of aliphatic carboxylic acids is 1. The van der Waals surface area contributed by atoms with Crippen molar-refractivity contribution in [3.05, 3.63) is 48.7 Å². The molecule has 0 saturated heterocycles. The fraction of sp³-hybridized carbons (Fsp3) is 0.0556. The van der Waals surface area contributed by atoms with Gasteiger partial charge in [0.25, 0.3) is 0 Å². The summed E-state index contributed by atoms with van der Waals surface area (Å²) < 4.78 is 0. The average Bonchev–Trinajstić information content (AvgIpc) is 3.35. The first kappa shape index (κ1) is 17.1. The SMILES string of the molecule is O=C(O)CSc1n[nH]c(-c2cc(NO)cc(-c3cccc4[nH]ccc34)c2)n1. The molecule has 136 valence electrons. The predicted molar refractivity (Wildman–Crippen MR) is 103 cm³/mol. The summed E-state index contributed by atoms with van der Waals surface area (Å²) in [6.45, 7) is 0. The first-order chi connectivity index (χ1) is 13.1. The maximum Gasteiger partial charge on any atom is 0.313 e. The molecule has 0 unspecified atom stereocenters. The Morgan fingerprint density at radius 2 is 2.04 bits per heavy atom. The zero-order valence-electron chi connectivity index (χ0n) is 13.9. The van der Waals surface area contributed by atoms with Crippen LogP contribution in [0.1, 0.15) is 0 Å². The fourth-order valence-corrected chi connectivity index (χ4v) is 3.41. The molecule has 4 rings (SSSR count). The summed E-state index contributed by atoms with van der Waals surface area (Å²) in [7, 11) is 0. The largest absolute Gasteiger partial charge is 0.481 e. The molecule has 2 aromatic carbocycles. The van der Waals surface area contributed by atoms with Gasteiger partial charge in [0.2, 0.25) is 5.16 Å². The van der Waals surface area contributed by atoms with Gasteiger partial charge in [0.05, 0.1) is 11.4 Å². The number of hydrogen-bond acceptors (Lipinski definition) is 6. The number of aromatic amines is 2. The first-order valence-corrected chi connectivity index (χ1v) is 9.01. The second-order valence-electron chi connectivity index (χ2n) is 5.80. The summed E-state index contributed by atoms with van der Waals surface area (Å²) in [5.74, 6) is -0.557. The topological polar surface area (TPSA) is 127 Å². The molecule has 0 spiro atoms. The number of carbonyl (C=O) groups is 1. The van der Waals surface area contributed by atoms with Gasteiger partial charge in [-0.15, -0.1) is 5.10 Å². The zero-order valence-corrected chi connectivity index (χ0v) is 14.7. The summed E-state index contributed by atoms with van der Waals surface area (Å²) in [6.07, 6.45) is 1.88. The van der Waals surface area contributed by atoms with E-state index in [0.717, 1.165) is 33.8 Å². The van der Waals surface area contributed by atoms with Crippen molar-refractivity contribution in [3.8, 4) is 22.5 Å². The molecule has 0 bridgehead atoms. The van der Waals surface area contributed by atoms with Gasteiger partial charge in [0.1, 0.15) is 0 Å². The van der Waals surface area contributed by atoms with Gasteiger partial charge in [-0.1, -0.05) is 23.9 Å². The monoisotopic (exact) mass is 381 g/mol. The Morgan fingerprint density at radius 1 is 1.19 bits per heavy atom. The lowest BCUT2D eigenvalue weighted by Crippen LogP contribution is -1.97. The van der Waals surface area contributed by atoms with Gasteiger partial charge >= 0.3 is 5.97 Å². The molecule has 0 radical (unpaired) electrons. The second kappa shape index (κ2) is 7.14. The van der Waals surface area contributed by atoms with Crippen LogP contribution in [-0.4, -0.2) is 42.2 Å². The van der Waals surface area contributed by atoms with E-state index in [2.05, 4.69) is 25.6 Å². The van der Waals surface area contributed by atoms with E-state index in [-0.39, 0.29) is 5.75 Å². The summed E-state index contributed by atoms with van der Waals surface area (Å²) in [4.78, 5) is 18.2. The Morgan fingerprint density at radius 3 is 2.85 bits per heavy atom. The molecule has 2 aromatic heterocycles. The minimum absolute atomic E-state index is 0.115. The minimum atomic E-state index is -0.931. The fourth-order valence-electron chi connectivity index (χ4n) is 2.89. The van der Waals surface area contributed by atoms with Crippen LogP contribution >= 0.6 is 11.8 Å². The van der Waals surface area contributed by atoms with Crippen molar-refractivity contribution in [2.45, 2.75) is 5.16 Å². The van der Waals surface area contributed by atoms with Crippen LogP contribution in [0.2, 0.25) is 0 Å². The normalized spacial score (nSPS) is 11.0. The Labute approximate surface area is 157 Å². The van der Waals surface area contributed by atoms with Gasteiger partial charge in [-0.2, -0.15) is 0 Å². The molecule has 0 fully saturated rings. The van der Waals surface area contributed by atoms with Gasteiger partial charge in [0.15, 0.2) is 5.82 Å². The van der Waals surface area contributed by atoms with Gasteiger partial charge < -0.3 is 10.1 Å². The van der Waals surface area contributed by atoms with Crippen molar-refractivity contribution in [3.63, 3.8) is 0 Å². The van der Waals surface area contributed by atoms with Gasteiger partial charge in [0, 0.05) is 22.7 Å². The molecule has 0 amide bonds. The van der Waals surface area contributed by atoms with Crippen LogP contribution in [-0.2, 0) is 4.79 Å². The van der Waals surface area contributed by atoms with Crippen LogP contribution in [0.4, 0.5) is 5.69 Å². The predicted octanol–water partition coefficient (Wildman–Crippen LogP) is 3.60. The van der Waals surface area contributed by atoms with E-state index in [1.807, 2.05) is 42.6 Å². The highest BCUT2D eigenvalue weighted by atomic mass is 32.2. The highest BCUT2D eigenvalue weighted by Gasteiger charge is 2.12. The maximum absolute atomic E-state index is 10.7. The molecular weight excluding hydrogens is 366 g/mol. The van der Waals surface area contributed by atoms with Crippen molar-refractivity contribution in [1.29, 1.82) is 0 Å². The number of aromatic nitrogens is 4. The van der Waals surface area contributed by atoms with E-state index in [0.29, 0.717) is 22.2 Å². The highest BCUT2D eigenvalue weighted by Crippen LogP contribution is 2.33. The highest BCUT2D eigenvalue weighted by molar-refractivity contribution is 7.99. The molecule has 0 atom stereocenters. The Balaban J connectivity index is 1.76. The number of nitrogens with one attached hydrogen (secondary N) is 3.